The first-order valence-corrected chi connectivity index (χ1v) is 7.85. The van der Waals surface area contributed by atoms with E-state index in [1.165, 1.54) is 25.7 Å². The summed E-state index contributed by atoms with van der Waals surface area (Å²) >= 11 is 1.98. The molecule has 0 aliphatic heterocycles. The summed E-state index contributed by atoms with van der Waals surface area (Å²) in [7, 11) is 0. The molecule has 1 heterocycles. The largest absolute Gasteiger partial charge is 0.478 e. The molecule has 1 aliphatic rings. The van der Waals surface area contributed by atoms with Crippen LogP contribution in [0.4, 0.5) is 5.95 Å². The van der Waals surface area contributed by atoms with Crippen molar-refractivity contribution < 1.29 is 4.74 Å². The Balaban J connectivity index is 1.87. The summed E-state index contributed by atoms with van der Waals surface area (Å²) in [4.78, 5) is 8.59. The van der Waals surface area contributed by atoms with E-state index in [-0.39, 0.29) is 0 Å². The smallest absolute Gasteiger partial charge is 0.226 e. The zero-order chi connectivity index (χ0) is 12.8. The van der Waals surface area contributed by atoms with Gasteiger partial charge in [0.15, 0.2) is 0 Å². The first-order chi connectivity index (χ1) is 8.81. The van der Waals surface area contributed by atoms with Gasteiger partial charge in [-0.1, -0.05) is 0 Å². The molecule has 1 aromatic heterocycles. The first kappa shape index (κ1) is 13.5. The number of thioether (sulfide) groups is 1. The third-order valence-electron chi connectivity index (χ3n) is 3.26. The molecule has 5 heteroatoms. The highest BCUT2D eigenvalue weighted by atomic mass is 32.2. The maximum absolute atomic E-state index is 5.38. The fourth-order valence-electron chi connectivity index (χ4n) is 2.27. The topological polar surface area (TPSA) is 47.0 Å². The number of anilines is 1. The molecule has 2 rings (SSSR count). The molecule has 0 aromatic carbocycles. The summed E-state index contributed by atoms with van der Waals surface area (Å²) in [5, 5.41) is 4.24. The van der Waals surface area contributed by atoms with Crippen LogP contribution in [-0.4, -0.2) is 34.1 Å². The second-order valence-electron chi connectivity index (χ2n) is 4.51. The highest BCUT2D eigenvalue weighted by Gasteiger charge is 2.20. The van der Waals surface area contributed by atoms with Crippen molar-refractivity contribution in [3.63, 3.8) is 0 Å². The molecule has 0 bridgehead atoms. The maximum Gasteiger partial charge on any atom is 0.226 e. The predicted molar refractivity (Wildman–Crippen MR) is 76.4 cm³/mol. The van der Waals surface area contributed by atoms with E-state index in [0.29, 0.717) is 24.5 Å². The van der Waals surface area contributed by atoms with Crippen molar-refractivity contribution in [2.24, 2.45) is 0 Å². The zero-order valence-electron chi connectivity index (χ0n) is 11.1. The van der Waals surface area contributed by atoms with Crippen molar-refractivity contribution in [2.45, 2.75) is 43.9 Å². The molecule has 0 spiro atoms. The van der Waals surface area contributed by atoms with E-state index in [0.717, 1.165) is 5.25 Å². The van der Waals surface area contributed by atoms with E-state index >= 15 is 0 Å². The lowest BCUT2D eigenvalue weighted by Crippen LogP contribution is -2.27. The lowest BCUT2D eigenvalue weighted by atomic mass is 9.95. The van der Waals surface area contributed by atoms with Crippen LogP contribution >= 0.6 is 11.8 Å². The number of aromatic nitrogens is 2. The molecule has 0 atom stereocenters. The van der Waals surface area contributed by atoms with Gasteiger partial charge in [-0.05, 0) is 38.9 Å². The fraction of sp³-hybridized carbons (Fsp3) is 0.692. The highest BCUT2D eigenvalue weighted by molar-refractivity contribution is 7.99. The van der Waals surface area contributed by atoms with Crippen molar-refractivity contribution in [2.75, 3.05) is 18.2 Å². The van der Waals surface area contributed by atoms with Gasteiger partial charge >= 0.3 is 0 Å². The average molecular weight is 267 g/mol. The Kier molecular flexibility index (Phi) is 5.11. The van der Waals surface area contributed by atoms with Gasteiger partial charge in [0.25, 0.3) is 0 Å². The van der Waals surface area contributed by atoms with E-state index < -0.39 is 0 Å². The number of nitrogens with one attached hydrogen (secondary N) is 1. The van der Waals surface area contributed by atoms with Crippen molar-refractivity contribution in [3.8, 4) is 5.88 Å². The SMILES string of the molecule is CCOc1ccnc(NC2CCC(SC)CC2)n1. The Labute approximate surface area is 113 Å². The molecule has 1 aromatic rings. The van der Waals surface area contributed by atoms with Crippen LogP contribution in [0.1, 0.15) is 32.6 Å². The van der Waals surface area contributed by atoms with E-state index in [2.05, 4.69) is 21.5 Å². The minimum atomic E-state index is 0.505. The van der Waals surface area contributed by atoms with Crippen molar-refractivity contribution in [1.82, 2.24) is 9.97 Å². The Morgan fingerprint density at radius 3 is 2.83 bits per heavy atom. The maximum atomic E-state index is 5.38. The lowest BCUT2D eigenvalue weighted by Gasteiger charge is -2.27. The number of hydrogen-bond donors (Lipinski definition) is 1. The van der Waals surface area contributed by atoms with Crippen LogP contribution < -0.4 is 10.1 Å². The van der Waals surface area contributed by atoms with Crippen molar-refractivity contribution >= 4 is 17.7 Å². The molecule has 0 radical (unpaired) electrons. The highest BCUT2D eigenvalue weighted by Crippen LogP contribution is 2.28. The number of rotatable bonds is 5. The van der Waals surface area contributed by atoms with E-state index in [9.17, 15) is 0 Å². The Morgan fingerprint density at radius 2 is 2.17 bits per heavy atom. The quantitative estimate of drug-likeness (QED) is 0.888. The summed E-state index contributed by atoms with van der Waals surface area (Å²) in [6, 6.07) is 2.30. The summed E-state index contributed by atoms with van der Waals surface area (Å²) in [6.45, 7) is 2.59. The zero-order valence-corrected chi connectivity index (χ0v) is 11.9. The van der Waals surface area contributed by atoms with Crippen molar-refractivity contribution in [1.29, 1.82) is 0 Å². The van der Waals surface area contributed by atoms with Gasteiger partial charge in [-0.2, -0.15) is 16.7 Å². The minimum Gasteiger partial charge on any atom is -0.478 e. The third-order valence-corrected chi connectivity index (χ3v) is 4.40. The van der Waals surface area contributed by atoms with Gasteiger partial charge in [0.2, 0.25) is 11.8 Å². The molecule has 0 unspecified atom stereocenters. The molecule has 0 amide bonds. The molecule has 1 saturated carbocycles. The monoisotopic (exact) mass is 267 g/mol. The molecular formula is C13H21N3OS. The normalized spacial score (nSPS) is 23.7. The molecule has 1 N–H and O–H groups in total. The van der Waals surface area contributed by atoms with Gasteiger partial charge in [0.1, 0.15) is 0 Å². The fourth-order valence-corrected chi connectivity index (χ4v) is 3.01. The Morgan fingerprint density at radius 1 is 1.39 bits per heavy atom. The van der Waals surface area contributed by atoms with Gasteiger partial charge in [-0.3, -0.25) is 0 Å². The molecular weight excluding hydrogens is 246 g/mol. The van der Waals surface area contributed by atoms with Gasteiger partial charge in [0, 0.05) is 23.6 Å². The molecule has 1 aliphatic carbocycles. The van der Waals surface area contributed by atoms with Crippen LogP contribution in [0.5, 0.6) is 5.88 Å². The molecule has 1 fully saturated rings. The van der Waals surface area contributed by atoms with E-state index in [4.69, 9.17) is 4.74 Å². The summed E-state index contributed by atoms with van der Waals surface area (Å²) in [5.74, 6) is 1.33. The van der Waals surface area contributed by atoms with Gasteiger partial charge in [-0.25, -0.2) is 4.98 Å². The second-order valence-corrected chi connectivity index (χ2v) is 5.64. The molecule has 18 heavy (non-hydrogen) atoms. The van der Waals surface area contributed by atoms with Crippen molar-refractivity contribution in [3.05, 3.63) is 12.3 Å². The summed E-state index contributed by atoms with van der Waals surface area (Å²) in [6.07, 6.45) is 8.91. The molecule has 100 valence electrons. The van der Waals surface area contributed by atoms with Crippen LogP contribution in [0, 0.1) is 0 Å². The van der Waals surface area contributed by atoms with Crippen LogP contribution in [0.25, 0.3) is 0 Å². The first-order valence-electron chi connectivity index (χ1n) is 6.57. The predicted octanol–water partition coefficient (Wildman–Crippen LogP) is 2.96. The summed E-state index contributed by atoms with van der Waals surface area (Å²) in [5.41, 5.74) is 0. The second kappa shape index (κ2) is 6.83. The van der Waals surface area contributed by atoms with E-state index in [1.54, 1.807) is 12.3 Å². The van der Waals surface area contributed by atoms with Gasteiger partial charge in [-0.15, -0.1) is 0 Å². The number of hydrogen-bond acceptors (Lipinski definition) is 5. The average Bonchev–Trinajstić information content (AvgIpc) is 2.40. The van der Waals surface area contributed by atoms with Crippen LogP contribution in [0.15, 0.2) is 12.3 Å². The number of nitrogens with zero attached hydrogens (tertiary/aromatic N) is 2. The Bertz CT molecular complexity index is 367. The number of ether oxygens (including phenoxy) is 1. The van der Waals surface area contributed by atoms with Crippen LogP contribution in [0.3, 0.4) is 0 Å². The van der Waals surface area contributed by atoms with Crippen LogP contribution in [-0.2, 0) is 0 Å². The standard InChI is InChI=1S/C13H21N3OS/c1-3-17-12-8-9-14-13(16-12)15-10-4-6-11(18-2)7-5-10/h8-11H,3-7H2,1-2H3,(H,14,15,16). The molecule has 0 saturated heterocycles. The Hall–Kier alpha value is -0.970. The van der Waals surface area contributed by atoms with Crippen LogP contribution in [0.2, 0.25) is 0 Å². The summed E-state index contributed by atoms with van der Waals surface area (Å²) < 4.78 is 5.38. The lowest BCUT2D eigenvalue weighted by molar-refractivity contribution is 0.326. The third kappa shape index (κ3) is 3.77. The molecule has 4 nitrogen and oxygen atoms in total. The van der Waals surface area contributed by atoms with Gasteiger partial charge in [0.05, 0.1) is 6.61 Å². The van der Waals surface area contributed by atoms with E-state index in [1.807, 2.05) is 18.7 Å². The minimum absolute atomic E-state index is 0.505. The van der Waals surface area contributed by atoms with Gasteiger partial charge < -0.3 is 10.1 Å².